The molecule has 1 aliphatic rings. The largest absolute Gasteiger partial charge is 0.471 e. The highest BCUT2D eigenvalue weighted by molar-refractivity contribution is 5.68. The Labute approximate surface area is 149 Å². The van der Waals surface area contributed by atoms with Gasteiger partial charge in [-0.3, -0.25) is 0 Å². The molecular formula is C19H14FN5O. The van der Waals surface area contributed by atoms with Crippen LogP contribution in [0.4, 0.5) is 4.39 Å². The number of nitrogens with zero attached hydrogens (tertiary/aromatic N) is 5. The van der Waals surface area contributed by atoms with Gasteiger partial charge in [0.25, 0.3) is 0 Å². The van der Waals surface area contributed by atoms with E-state index in [0.717, 1.165) is 41.6 Å². The molecule has 3 heterocycles. The maximum atomic E-state index is 13.2. The molecule has 0 bridgehead atoms. The molecule has 7 heteroatoms. The first-order chi connectivity index (χ1) is 12.7. The van der Waals surface area contributed by atoms with Crippen molar-refractivity contribution >= 4 is 0 Å². The molecule has 0 amide bonds. The molecule has 0 radical (unpaired) electrons. The molecular weight excluding hydrogens is 333 g/mol. The molecule has 128 valence electrons. The number of hydrogen-bond donors (Lipinski definition) is 0. The van der Waals surface area contributed by atoms with Crippen LogP contribution < -0.4 is 4.74 Å². The summed E-state index contributed by atoms with van der Waals surface area (Å²) in [6.45, 7) is 0.132. The number of nitriles is 1. The average molecular weight is 347 g/mol. The summed E-state index contributed by atoms with van der Waals surface area (Å²) in [5.41, 5.74) is 4.43. The van der Waals surface area contributed by atoms with Gasteiger partial charge >= 0.3 is 0 Å². The fraction of sp³-hybridized carbons (Fsp3) is 0.211. The van der Waals surface area contributed by atoms with E-state index in [1.54, 1.807) is 24.5 Å². The Hall–Kier alpha value is -3.40. The number of halogens is 1. The summed E-state index contributed by atoms with van der Waals surface area (Å²) in [4.78, 5) is 16.5. The van der Waals surface area contributed by atoms with E-state index < -0.39 is 5.95 Å². The van der Waals surface area contributed by atoms with Crippen molar-refractivity contribution < 1.29 is 9.13 Å². The lowest BCUT2D eigenvalue weighted by Gasteiger charge is -2.12. The molecule has 0 spiro atoms. The normalized spacial score (nSPS) is 12.5. The Morgan fingerprint density at radius 2 is 2.00 bits per heavy atom. The standard InChI is InChI=1S/C19H14FN5O/c20-17-6-1-3-13(24-17)11-26-19-7-15(14-4-2-5-16(14)25-19)12-9-22-18(8-21)23-10-12/h1,3,6-7,9-10H,2,4-5,11H2. The Bertz CT molecular complexity index is 998. The molecule has 0 saturated carbocycles. The van der Waals surface area contributed by atoms with Crippen LogP contribution in [0.2, 0.25) is 0 Å². The van der Waals surface area contributed by atoms with Crippen LogP contribution in [0.3, 0.4) is 0 Å². The molecule has 0 saturated heterocycles. The lowest BCUT2D eigenvalue weighted by atomic mass is 10.0. The fourth-order valence-corrected chi connectivity index (χ4v) is 3.05. The van der Waals surface area contributed by atoms with E-state index in [4.69, 9.17) is 10.00 Å². The van der Waals surface area contributed by atoms with Crippen molar-refractivity contribution in [2.45, 2.75) is 25.9 Å². The van der Waals surface area contributed by atoms with Crippen molar-refractivity contribution in [3.05, 3.63) is 65.4 Å². The number of pyridine rings is 2. The van der Waals surface area contributed by atoms with Crippen LogP contribution in [0.15, 0.2) is 36.7 Å². The third kappa shape index (κ3) is 3.22. The summed E-state index contributed by atoms with van der Waals surface area (Å²) in [5.74, 6) is 0.0487. The van der Waals surface area contributed by atoms with E-state index in [1.807, 2.05) is 12.1 Å². The second-order valence-corrected chi connectivity index (χ2v) is 5.93. The van der Waals surface area contributed by atoms with E-state index in [9.17, 15) is 4.39 Å². The maximum Gasteiger partial charge on any atom is 0.232 e. The van der Waals surface area contributed by atoms with Crippen LogP contribution in [0.1, 0.15) is 29.2 Å². The van der Waals surface area contributed by atoms with E-state index in [2.05, 4.69) is 19.9 Å². The zero-order valence-corrected chi connectivity index (χ0v) is 13.8. The Kier molecular flexibility index (Phi) is 4.23. The highest BCUT2D eigenvalue weighted by Crippen LogP contribution is 2.33. The highest BCUT2D eigenvalue weighted by atomic mass is 19.1. The Morgan fingerprint density at radius 3 is 2.77 bits per heavy atom. The van der Waals surface area contributed by atoms with Crippen molar-refractivity contribution in [2.24, 2.45) is 0 Å². The summed E-state index contributed by atoms with van der Waals surface area (Å²) in [6.07, 6.45) is 6.12. The van der Waals surface area contributed by atoms with Gasteiger partial charge in [0, 0.05) is 29.7 Å². The van der Waals surface area contributed by atoms with Crippen molar-refractivity contribution in [2.75, 3.05) is 0 Å². The molecule has 1 aliphatic carbocycles. The van der Waals surface area contributed by atoms with Crippen LogP contribution in [0.5, 0.6) is 5.88 Å². The van der Waals surface area contributed by atoms with E-state index >= 15 is 0 Å². The van der Waals surface area contributed by atoms with Crippen molar-refractivity contribution in [3.63, 3.8) is 0 Å². The molecule has 4 rings (SSSR count). The summed E-state index contributed by atoms with van der Waals surface area (Å²) >= 11 is 0. The smallest absolute Gasteiger partial charge is 0.232 e. The number of aryl methyl sites for hydroxylation is 1. The second-order valence-electron chi connectivity index (χ2n) is 5.93. The fourth-order valence-electron chi connectivity index (χ4n) is 3.05. The first kappa shape index (κ1) is 16.1. The molecule has 6 nitrogen and oxygen atoms in total. The summed E-state index contributed by atoms with van der Waals surface area (Å²) < 4.78 is 18.9. The molecule has 26 heavy (non-hydrogen) atoms. The molecule has 0 aromatic carbocycles. The number of aromatic nitrogens is 4. The number of ether oxygens (including phenoxy) is 1. The van der Waals surface area contributed by atoms with E-state index in [0.29, 0.717) is 11.6 Å². The molecule has 3 aromatic heterocycles. The summed E-state index contributed by atoms with van der Waals surface area (Å²) in [7, 11) is 0. The predicted molar refractivity (Wildman–Crippen MR) is 90.5 cm³/mol. The third-order valence-electron chi connectivity index (χ3n) is 4.23. The van der Waals surface area contributed by atoms with Gasteiger partial charge in [-0.15, -0.1) is 0 Å². The number of hydrogen-bond acceptors (Lipinski definition) is 6. The topological polar surface area (TPSA) is 84.6 Å². The molecule has 0 unspecified atom stereocenters. The monoisotopic (exact) mass is 347 g/mol. The van der Waals surface area contributed by atoms with Crippen LogP contribution in [0, 0.1) is 17.3 Å². The van der Waals surface area contributed by atoms with E-state index in [1.165, 1.54) is 6.07 Å². The minimum Gasteiger partial charge on any atom is -0.471 e. The van der Waals surface area contributed by atoms with Gasteiger partial charge in [0.1, 0.15) is 12.7 Å². The zero-order valence-electron chi connectivity index (χ0n) is 13.8. The van der Waals surface area contributed by atoms with Gasteiger partial charge < -0.3 is 4.74 Å². The Balaban J connectivity index is 1.65. The third-order valence-corrected chi connectivity index (χ3v) is 4.23. The van der Waals surface area contributed by atoms with Gasteiger partial charge in [0.05, 0.1) is 5.69 Å². The molecule has 0 fully saturated rings. The molecule has 0 N–H and O–H groups in total. The van der Waals surface area contributed by atoms with Gasteiger partial charge in [0.2, 0.25) is 17.7 Å². The first-order valence-electron chi connectivity index (χ1n) is 8.22. The van der Waals surface area contributed by atoms with E-state index in [-0.39, 0.29) is 12.4 Å². The molecule has 3 aromatic rings. The van der Waals surface area contributed by atoms with Crippen LogP contribution >= 0.6 is 0 Å². The minimum absolute atomic E-state index is 0.132. The van der Waals surface area contributed by atoms with Gasteiger partial charge in [-0.2, -0.15) is 9.65 Å². The average Bonchev–Trinajstić information content (AvgIpc) is 3.14. The van der Waals surface area contributed by atoms with Gasteiger partial charge in [-0.25, -0.2) is 19.9 Å². The quantitative estimate of drug-likeness (QED) is 0.675. The van der Waals surface area contributed by atoms with Gasteiger partial charge in [0.15, 0.2) is 0 Å². The van der Waals surface area contributed by atoms with Crippen molar-refractivity contribution in [3.8, 4) is 23.1 Å². The number of fused-ring (bicyclic) bond motifs is 1. The molecule has 0 aliphatic heterocycles. The zero-order chi connectivity index (χ0) is 17.9. The SMILES string of the molecule is N#Cc1ncc(-c2cc(OCc3cccc(F)n3)nc3c2CCC3)cn1. The van der Waals surface area contributed by atoms with Crippen LogP contribution in [-0.4, -0.2) is 19.9 Å². The highest BCUT2D eigenvalue weighted by Gasteiger charge is 2.20. The second kappa shape index (κ2) is 6.84. The van der Waals surface area contributed by atoms with Crippen LogP contribution in [-0.2, 0) is 19.4 Å². The van der Waals surface area contributed by atoms with Crippen molar-refractivity contribution in [1.82, 2.24) is 19.9 Å². The van der Waals surface area contributed by atoms with Crippen LogP contribution in [0.25, 0.3) is 11.1 Å². The molecule has 0 atom stereocenters. The predicted octanol–water partition coefficient (Wildman–Crippen LogP) is 3.01. The lowest BCUT2D eigenvalue weighted by Crippen LogP contribution is -2.03. The lowest BCUT2D eigenvalue weighted by molar-refractivity contribution is 0.287. The summed E-state index contributed by atoms with van der Waals surface area (Å²) in [5, 5.41) is 8.86. The minimum atomic E-state index is -0.538. The van der Waals surface area contributed by atoms with Gasteiger partial charge in [-0.05, 0) is 42.5 Å². The Morgan fingerprint density at radius 1 is 1.15 bits per heavy atom. The maximum absolute atomic E-state index is 13.2. The van der Waals surface area contributed by atoms with Crippen molar-refractivity contribution in [1.29, 1.82) is 5.26 Å². The summed E-state index contributed by atoms with van der Waals surface area (Å²) in [6, 6.07) is 8.34. The first-order valence-corrected chi connectivity index (χ1v) is 8.22. The van der Waals surface area contributed by atoms with Gasteiger partial charge in [-0.1, -0.05) is 6.07 Å². The number of rotatable bonds is 4.